The number of aliphatic hydroxyl groups excluding tert-OH is 1. The molecule has 0 amide bonds. The number of likely N-dealkylation sites (tertiary alicyclic amines) is 2. The Labute approximate surface area is 303 Å². The van der Waals surface area contributed by atoms with E-state index in [-0.39, 0.29) is 6.10 Å². The van der Waals surface area contributed by atoms with Gasteiger partial charge in [0.2, 0.25) is 5.89 Å². The molecule has 3 aromatic heterocycles. The molecule has 52 heavy (non-hydrogen) atoms. The summed E-state index contributed by atoms with van der Waals surface area (Å²) >= 11 is 0. The Kier molecular flexibility index (Phi) is 8.42. The Morgan fingerprint density at radius 2 is 1.67 bits per heavy atom. The van der Waals surface area contributed by atoms with Gasteiger partial charge in [-0.2, -0.15) is 5.26 Å². The van der Waals surface area contributed by atoms with E-state index < -0.39 is 0 Å². The van der Waals surface area contributed by atoms with Crippen molar-refractivity contribution in [3.05, 3.63) is 94.4 Å². The molecule has 9 rings (SSSR count). The van der Waals surface area contributed by atoms with Crippen molar-refractivity contribution in [3.8, 4) is 28.7 Å². The topological polar surface area (TPSA) is 127 Å². The second-order valence-electron chi connectivity index (χ2n) is 14.8. The summed E-state index contributed by atoms with van der Waals surface area (Å²) < 4.78 is 6.53. The van der Waals surface area contributed by atoms with Crippen molar-refractivity contribution >= 4 is 33.6 Å². The summed E-state index contributed by atoms with van der Waals surface area (Å²) in [5.41, 5.74) is 11.3. The van der Waals surface area contributed by atoms with Crippen molar-refractivity contribution in [1.29, 1.82) is 5.26 Å². The molecule has 6 aromatic rings. The van der Waals surface area contributed by atoms with Crippen LogP contribution in [0.1, 0.15) is 71.7 Å². The molecule has 3 aromatic carbocycles. The predicted molar refractivity (Wildman–Crippen MR) is 202 cm³/mol. The van der Waals surface area contributed by atoms with Crippen LogP contribution in [0.15, 0.2) is 65.2 Å². The number of anilines is 2. The summed E-state index contributed by atoms with van der Waals surface area (Å²) in [4.78, 5) is 24.7. The third-order valence-electron chi connectivity index (χ3n) is 10.9. The number of benzene rings is 3. The lowest BCUT2D eigenvalue weighted by Gasteiger charge is -2.19. The van der Waals surface area contributed by atoms with Gasteiger partial charge in [-0.25, -0.2) is 15.0 Å². The highest BCUT2D eigenvalue weighted by atomic mass is 16.3. The molecule has 0 spiro atoms. The predicted octanol–water partition coefficient (Wildman–Crippen LogP) is 7.77. The summed E-state index contributed by atoms with van der Waals surface area (Å²) in [6.45, 7) is 9.43. The van der Waals surface area contributed by atoms with E-state index in [2.05, 4.69) is 65.4 Å². The SMILES string of the molecule is Cc1c(Nc2nc(C3CC3)nc3cc(CN4CC[C@@H](O)C4)cnc23)cc(-c2ccccc2)c(C)c1-c1nc2cc(CN3CCCC3)cc(C#N)c2o1. The molecule has 2 saturated heterocycles. The molecule has 2 aliphatic heterocycles. The van der Waals surface area contributed by atoms with Gasteiger partial charge in [-0.1, -0.05) is 30.3 Å². The van der Waals surface area contributed by atoms with Gasteiger partial charge in [-0.3, -0.25) is 14.8 Å². The Bertz CT molecular complexity index is 2350. The maximum Gasteiger partial charge on any atom is 0.228 e. The zero-order valence-corrected chi connectivity index (χ0v) is 29.7. The number of pyridine rings is 1. The molecule has 10 nitrogen and oxygen atoms in total. The lowest BCUT2D eigenvalue weighted by atomic mass is 9.91. The van der Waals surface area contributed by atoms with E-state index in [9.17, 15) is 10.4 Å². The number of nitrogens with zero attached hydrogens (tertiary/aromatic N) is 7. The summed E-state index contributed by atoms with van der Waals surface area (Å²) in [5.74, 6) is 2.34. The number of rotatable bonds is 9. The summed E-state index contributed by atoms with van der Waals surface area (Å²) in [6.07, 6.45) is 7.02. The molecule has 3 fully saturated rings. The molecule has 1 atom stereocenters. The Morgan fingerprint density at radius 1 is 0.885 bits per heavy atom. The van der Waals surface area contributed by atoms with E-state index >= 15 is 0 Å². The van der Waals surface area contributed by atoms with Crippen LogP contribution in [0.3, 0.4) is 0 Å². The number of oxazole rings is 1. The monoisotopic (exact) mass is 690 g/mol. The van der Waals surface area contributed by atoms with Gasteiger partial charge in [0.15, 0.2) is 11.4 Å². The van der Waals surface area contributed by atoms with Gasteiger partial charge in [-0.15, -0.1) is 0 Å². The van der Waals surface area contributed by atoms with Crippen LogP contribution in [0.25, 0.3) is 44.7 Å². The van der Waals surface area contributed by atoms with E-state index in [1.807, 2.05) is 30.5 Å². The smallest absolute Gasteiger partial charge is 0.228 e. The molecular formula is C42H42N8O2. The van der Waals surface area contributed by atoms with Crippen LogP contribution < -0.4 is 5.32 Å². The number of hydrogen-bond acceptors (Lipinski definition) is 10. The Morgan fingerprint density at radius 3 is 2.42 bits per heavy atom. The molecule has 0 bridgehead atoms. The number of aliphatic hydroxyl groups is 1. The Hall–Kier alpha value is -5.21. The second-order valence-corrected chi connectivity index (χ2v) is 14.8. The molecule has 0 unspecified atom stereocenters. The van der Waals surface area contributed by atoms with Gasteiger partial charge < -0.3 is 14.8 Å². The van der Waals surface area contributed by atoms with Crippen molar-refractivity contribution in [1.82, 2.24) is 29.7 Å². The summed E-state index contributed by atoms with van der Waals surface area (Å²) in [5, 5.41) is 23.9. The number of hydrogen-bond donors (Lipinski definition) is 2. The van der Waals surface area contributed by atoms with Crippen LogP contribution in [-0.2, 0) is 13.1 Å². The number of aromatic nitrogens is 4. The summed E-state index contributed by atoms with van der Waals surface area (Å²) in [7, 11) is 0. The normalized spacial score (nSPS) is 18.1. The molecule has 1 aliphatic carbocycles. The standard InChI is InChI=1S/C42H42N8O2/c1-25-33(29-8-4-3-5-9-29)19-34(26(2)37(25)42-47-36-17-27(22-49-13-6-7-14-49)16-31(20-43)39(36)52-42)45-41-38-35(46-40(48-41)30-10-11-30)18-28(21-44-38)23-50-15-12-32(51)24-50/h3-5,8-9,16-19,21,30,32,51H,6-7,10-15,22-24H2,1-2H3,(H,45,46,48)/t32-/m1/s1. The minimum absolute atomic E-state index is 0.267. The van der Waals surface area contributed by atoms with E-state index in [1.54, 1.807) is 0 Å². The van der Waals surface area contributed by atoms with Crippen LogP contribution in [0.2, 0.25) is 0 Å². The highest BCUT2D eigenvalue weighted by molar-refractivity contribution is 5.92. The molecule has 3 aliphatic rings. The van der Waals surface area contributed by atoms with E-state index in [1.165, 1.54) is 12.8 Å². The molecule has 10 heteroatoms. The first-order valence-electron chi connectivity index (χ1n) is 18.5. The quantitative estimate of drug-likeness (QED) is 0.155. The third-order valence-corrected chi connectivity index (χ3v) is 10.9. The van der Waals surface area contributed by atoms with E-state index in [0.29, 0.717) is 46.4 Å². The minimum Gasteiger partial charge on any atom is -0.435 e. The first kappa shape index (κ1) is 32.7. The van der Waals surface area contributed by atoms with Crippen molar-refractivity contribution in [2.24, 2.45) is 0 Å². The fourth-order valence-corrected chi connectivity index (χ4v) is 7.97. The fourth-order valence-electron chi connectivity index (χ4n) is 7.97. The van der Waals surface area contributed by atoms with Gasteiger partial charge in [0.25, 0.3) is 0 Å². The Balaban J connectivity index is 1.15. The average molecular weight is 691 g/mol. The lowest BCUT2D eigenvalue weighted by molar-refractivity contribution is 0.175. The number of nitrogens with one attached hydrogen (secondary N) is 1. The molecule has 262 valence electrons. The van der Waals surface area contributed by atoms with Gasteiger partial charge >= 0.3 is 0 Å². The number of nitriles is 1. The van der Waals surface area contributed by atoms with Gasteiger partial charge in [-0.05, 0) is 117 Å². The number of β-amino-alcohol motifs (C(OH)–C–C–N with tert-alkyl or cyclic N) is 1. The zero-order valence-electron chi connectivity index (χ0n) is 29.7. The molecule has 5 heterocycles. The maximum absolute atomic E-state index is 10.2. The fraction of sp³-hybridized carbons (Fsp3) is 0.357. The van der Waals surface area contributed by atoms with E-state index in [0.717, 1.165) is 108 Å². The van der Waals surface area contributed by atoms with Gasteiger partial charge in [0, 0.05) is 49.5 Å². The zero-order chi connectivity index (χ0) is 35.3. The minimum atomic E-state index is -0.267. The van der Waals surface area contributed by atoms with Crippen LogP contribution in [0.5, 0.6) is 0 Å². The van der Waals surface area contributed by atoms with Gasteiger partial charge in [0.1, 0.15) is 22.9 Å². The van der Waals surface area contributed by atoms with Crippen LogP contribution in [0, 0.1) is 25.2 Å². The van der Waals surface area contributed by atoms with Crippen molar-refractivity contribution in [2.45, 2.75) is 71.1 Å². The highest BCUT2D eigenvalue weighted by Gasteiger charge is 2.29. The maximum atomic E-state index is 10.2. The van der Waals surface area contributed by atoms with Crippen molar-refractivity contribution in [2.75, 3.05) is 31.5 Å². The van der Waals surface area contributed by atoms with Crippen LogP contribution >= 0.6 is 0 Å². The van der Waals surface area contributed by atoms with E-state index in [4.69, 9.17) is 24.4 Å². The second kappa shape index (κ2) is 13.4. The highest BCUT2D eigenvalue weighted by Crippen LogP contribution is 2.43. The largest absolute Gasteiger partial charge is 0.435 e. The average Bonchev–Trinajstić information content (AvgIpc) is 3.47. The first-order valence-corrected chi connectivity index (χ1v) is 18.5. The number of fused-ring (bicyclic) bond motifs is 2. The van der Waals surface area contributed by atoms with Crippen LogP contribution in [-0.4, -0.2) is 67.1 Å². The third kappa shape index (κ3) is 6.30. The van der Waals surface area contributed by atoms with Crippen molar-refractivity contribution < 1.29 is 9.52 Å². The first-order chi connectivity index (χ1) is 25.4. The summed E-state index contributed by atoms with van der Waals surface area (Å²) in [6, 6.07) is 21.0. The molecule has 0 radical (unpaired) electrons. The molecular weight excluding hydrogens is 649 g/mol. The van der Waals surface area contributed by atoms with Crippen molar-refractivity contribution in [3.63, 3.8) is 0 Å². The van der Waals surface area contributed by atoms with Gasteiger partial charge in [0.05, 0.1) is 17.2 Å². The lowest BCUT2D eigenvalue weighted by Crippen LogP contribution is -2.21. The molecule has 2 N–H and O–H groups in total. The van der Waals surface area contributed by atoms with Crippen LogP contribution in [0.4, 0.5) is 11.5 Å². The molecule has 1 saturated carbocycles.